The van der Waals surface area contributed by atoms with E-state index in [1.807, 2.05) is 22.6 Å². The lowest BCUT2D eigenvalue weighted by atomic mass is 10.3. The van der Waals surface area contributed by atoms with Crippen LogP contribution in [0.2, 0.25) is 0 Å². The number of hydrogen-bond donors (Lipinski definition) is 1. The number of nitrogens with two attached hydrogens (primary N) is 1. The van der Waals surface area contributed by atoms with Crippen molar-refractivity contribution < 1.29 is 17.5 Å². The number of nitrogens with zero attached hydrogens (tertiary/aromatic N) is 3. The predicted octanol–water partition coefficient (Wildman–Crippen LogP) is 5.16. The van der Waals surface area contributed by atoms with Crippen LogP contribution in [0.25, 0.3) is 0 Å². The maximum Gasteiger partial charge on any atom is 0.289 e. The lowest BCUT2D eigenvalue weighted by molar-refractivity contribution is -0.396. The van der Waals surface area contributed by atoms with Gasteiger partial charge in [0.05, 0.1) is 20.5 Å². The second-order valence-corrected chi connectivity index (χ2v) is 6.22. The highest BCUT2D eigenvalue weighted by atomic mass is 127. The van der Waals surface area contributed by atoms with E-state index in [-0.39, 0.29) is 20.6 Å². The molecule has 0 atom stereocenters. The van der Waals surface area contributed by atoms with E-state index in [4.69, 9.17) is 8.48 Å². The molecule has 0 spiro atoms. The van der Waals surface area contributed by atoms with E-state index >= 15 is 0 Å². The number of benzene rings is 2. The number of rotatable bonds is 3. The standard InChI is InChI=1S/C6H3IN2O4.C6H5IN2O2.2CH4/c7-6-4(8(10)11)2-1-3-5(6)9(12)13;7-6-4(8)2-1-3-5(6)9(10)11;;/h1-3H;1-3H,8H2;2*1H4/i;;2*1T. The van der Waals surface area contributed by atoms with Crippen molar-refractivity contribution in [1.29, 1.82) is 0 Å². The maximum absolute atomic E-state index is 10.4. The van der Waals surface area contributed by atoms with Crippen molar-refractivity contribution in [1.82, 2.24) is 0 Å². The average molecular weight is 594 g/mol. The summed E-state index contributed by atoms with van der Waals surface area (Å²) < 4.78 is 12.0. The number of halogens is 2. The summed E-state index contributed by atoms with van der Waals surface area (Å²) in [4.78, 5) is 29.3. The first-order valence-corrected chi connectivity index (χ1v) is 8.08. The molecule has 10 nitrogen and oxygen atoms in total. The van der Waals surface area contributed by atoms with Gasteiger partial charge in [-0.25, -0.2) is 0 Å². The molecule has 0 bridgehead atoms. The van der Waals surface area contributed by atoms with Gasteiger partial charge in [0.2, 0.25) is 0 Å². The summed E-state index contributed by atoms with van der Waals surface area (Å²) in [5.41, 5.74) is 5.47. The van der Waals surface area contributed by atoms with Gasteiger partial charge in [0.15, 0.2) is 3.57 Å². The van der Waals surface area contributed by atoms with E-state index in [0.717, 1.165) is 0 Å². The highest BCUT2D eigenvalue weighted by molar-refractivity contribution is 14.1. The summed E-state index contributed by atoms with van der Waals surface area (Å²) in [6, 6.07) is 8.38. The van der Waals surface area contributed by atoms with Gasteiger partial charge in [0, 0.05) is 20.9 Å². The van der Waals surface area contributed by atoms with Gasteiger partial charge in [-0.2, -0.15) is 0 Å². The summed E-state index contributed by atoms with van der Waals surface area (Å²) in [5, 5.41) is 31.1. The molecule has 142 valence electrons. The second-order valence-electron chi connectivity index (χ2n) is 4.06. The van der Waals surface area contributed by atoms with E-state index in [0.29, 0.717) is 9.26 Å². The molecule has 0 aliphatic rings. The third kappa shape index (κ3) is 6.66. The van der Waals surface area contributed by atoms with Gasteiger partial charge in [-0.15, -0.1) is 0 Å². The minimum absolute atomic E-state index is 0.0510. The van der Waals surface area contributed by atoms with Gasteiger partial charge >= 0.3 is 0 Å². The number of hydrogen-bond acceptors (Lipinski definition) is 7. The zero-order valence-corrected chi connectivity index (χ0v) is 17.9. The Balaban J connectivity index is 0. The molecule has 0 saturated carbocycles. The minimum atomic E-state index is -0.644. The molecule has 0 aliphatic carbocycles. The van der Waals surface area contributed by atoms with E-state index in [1.54, 1.807) is 34.7 Å². The number of nitro benzene ring substituents is 3. The zero-order chi connectivity index (χ0) is 22.4. The van der Waals surface area contributed by atoms with Crippen molar-refractivity contribution >= 4 is 67.9 Å². The van der Waals surface area contributed by atoms with E-state index in [9.17, 15) is 30.3 Å². The molecule has 2 rings (SSSR count). The second kappa shape index (κ2) is 11.5. The number of nitrogen functional groups attached to an aromatic ring is 1. The zero-order valence-electron chi connectivity index (χ0n) is 15.6. The van der Waals surface area contributed by atoms with Crippen LogP contribution in [-0.4, -0.2) is 14.8 Å². The van der Waals surface area contributed by atoms with Gasteiger partial charge in [-0.3, -0.25) is 30.3 Å². The molecule has 0 aliphatic heterocycles. The van der Waals surface area contributed by atoms with Crippen molar-refractivity contribution in [2.75, 3.05) is 5.73 Å². The minimum Gasteiger partial charge on any atom is -0.398 e. The first-order chi connectivity index (χ1) is 13.2. The van der Waals surface area contributed by atoms with Crippen LogP contribution in [0.15, 0.2) is 36.4 Å². The van der Waals surface area contributed by atoms with Crippen LogP contribution in [0.4, 0.5) is 22.7 Å². The molecule has 0 saturated heterocycles. The molecule has 0 fully saturated rings. The Morgan fingerprint density at radius 1 is 0.769 bits per heavy atom. The first-order valence-electron chi connectivity index (χ1n) is 7.92. The summed E-state index contributed by atoms with van der Waals surface area (Å²) in [5.74, 6) is 0. The number of anilines is 1. The molecule has 2 aromatic carbocycles. The summed E-state index contributed by atoms with van der Waals surface area (Å²) in [7, 11) is 2.50. The first kappa shape index (κ1) is 21.9. The lowest BCUT2D eigenvalue weighted by Crippen LogP contribution is -1.96. The Morgan fingerprint density at radius 3 is 1.38 bits per heavy atom. The predicted molar refractivity (Wildman–Crippen MR) is 116 cm³/mol. The Hall–Kier alpha value is -2.10. The molecular formula is C14H16I2N4O6. The Kier molecular flexibility index (Phi) is 9.71. The van der Waals surface area contributed by atoms with Crippen LogP contribution < -0.4 is 5.73 Å². The van der Waals surface area contributed by atoms with Crippen LogP contribution in [0.3, 0.4) is 0 Å². The van der Waals surface area contributed by atoms with Crippen molar-refractivity contribution in [2.45, 2.75) is 14.8 Å². The van der Waals surface area contributed by atoms with Gasteiger partial charge in [0.1, 0.15) is 3.57 Å². The highest BCUT2D eigenvalue weighted by Crippen LogP contribution is 2.29. The Bertz CT molecular complexity index is 794. The fraction of sp³-hybridized carbons (Fsp3) is 0.143. The summed E-state index contributed by atoms with van der Waals surface area (Å²) in [6.45, 7) is 0. The fourth-order valence-electron chi connectivity index (χ4n) is 1.47. The van der Waals surface area contributed by atoms with Crippen LogP contribution in [0, 0.1) is 37.5 Å². The lowest BCUT2D eigenvalue weighted by Gasteiger charge is -1.97. The van der Waals surface area contributed by atoms with Gasteiger partial charge < -0.3 is 5.73 Å². The Labute approximate surface area is 179 Å². The largest absolute Gasteiger partial charge is 0.398 e. The molecule has 0 amide bonds. The smallest absolute Gasteiger partial charge is 0.289 e. The highest BCUT2D eigenvalue weighted by Gasteiger charge is 2.21. The molecule has 0 unspecified atom stereocenters. The monoisotopic (exact) mass is 594 g/mol. The average Bonchev–Trinajstić information content (AvgIpc) is 2.67. The van der Waals surface area contributed by atoms with E-state index in [1.165, 1.54) is 39.1 Å². The van der Waals surface area contributed by atoms with Gasteiger partial charge in [-0.05, 0) is 57.3 Å². The molecule has 2 aromatic rings. The molecule has 0 aromatic heterocycles. The molecular weight excluding hydrogens is 574 g/mol. The topological polar surface area (TPSA) is 155 Å². The van der Waals surface area contributed by atoms with Crippen molar-refractivity contribution in [3.8, 4) is 0 Å². The van der Waals surface area contributed by atoms with Crippen molar-refractivity contribution in [2.24, 2.45) is 0 Å². The van der Waals surface area contributed by atoms with E-state index in [2.05, 4.69) is 0 Å². The molecule has 0 heterocycles. The van der Waals surface area contributed by atoms with Gasteiger partial charge in [-0.1, -0.05) is 20.9 Å². The molecule has 0 radical (unpaired) electrons. The summed E-state index contributed by atoms with van der Waals surface area (Å²) in [6.07, 6.45) is 0. The molecule has 12 heteroatoms. The normalized spacial score (nSPS) is 9.38. The van der Waals surface area contributed by atoms with Crippen LogP contribution in [-0.2, 0) is 0 Å². The fourth-order valence-corrected chi connectivity index (χ4v) is 2.78. The SMILES string of the molecule is Nc1cccc([N+](=O)[O-])c1I.O=[N+]([O-])c1cccc([N+](=O)[O-])c1I.[3H]C.[3H]C. The quantitative estimate of drug-likeness (QED) is 0.223. The van der Waals surface area contributed by atoms with Crippen LogP contribution >= 0.6 is 45.2 Å². The van der Waals surface area contributed by atoms with Crippen molar-refractivity contribution in [3.63, 3.8) is 0 Å². The van der Waals surface area contributed by atoms with Crippen molar-refractivity contribution in [3.05, 3.63) is 73.9 Å². The summed E-state index contributed by atoms with van der Waals surface area (Å²) >= 11 is 3.44. The number of nitro groups is 3. The molecule has 2 N–H and O–H groups in total. The van der Waals surface area contributed by atoms with Gasteiger partial charge in [0.25, 0.3) is 17.1 Å². The van der Waals surface area contributed by atoms with Crippen LogP contribution in [0.1, 0.15) is 17.5 Å². The molecule has 26 heavy (non-hydrogen) atoms. The third-order valence-electron chi connectivity index (χ3n) is 2.56. The third-order valence-corrected chi connectivity index (χ3v) is 4.84. The van der Waals surface area contributed by atoms with Crippen LogP contribution in [0.5, 0.6) is 0 Å². The Morgan fingerprint density at radius 2 is 1.08 bits per heavy atom. The van der Waals surface area contributed by atoms with E-state index < -0.39 is 14.8 Å². The maximum atomic E-state index is 10.4.